The number of anilines is 2. The number of hydrogen-bond acceptors (Lipinski definition) is 6. The molecule has 3 rings (SSSR count). The second-order valence-corrected chi connectivity index (χ2v) is 8.74. The number of nitrogens with one attached hydrogen (secondary N) is 3. The van der Waals surface area contributed by atoms with Gasteiger partial charge in [-0.15, -0.1) is 0 Å². The van der Waals surface area contributed by atoms with Crippen LogP contribution >= 0.6 is 15.9 Å². The molecular weight excluding hydrogens is 540 g/mol. The lowest BCUT2D eigenvalue weighted by atomic mass is 10.1. The molecule has 0 atom stereocenters. The van der Waals surface area contributed by atoms with E-state index in [-0.39, 0.29) is 5.91 Å². The third-order valence-electron chi connectivity index (χ3n) is 5.01. The first-order valence-corrected chi connectivity index (χ1v) is 12.2. The number of aryl methyl sites for hydroxylation is 1. The van der Waals surface area contributed by atoms with Crippen LogP contribution in [0.25, 0.3) is 0 Å². The van der Waals surface area contributed by atoms with Gasteiger partial charge in [-0.2, -0.15) is 5.10 Å². The van der Waals surface area contributed by atoms with E-state index >= 15 is 0 Å². The Morgan fingerprint density at radius 1 is 0.946 bits per heavy atom. The molecule has 3 aromatic rings. The fraction of sp³-hybridized carbons (Fsp3) is 0.185. The smallest absolute Gasteiger partial charge is 0.329 e. The summed E-state index contributed by atoms with van der Waals surface area (Å²) in [6.45, 7) is 6.09. The van der Waals surface area contributed by atoms with E-state index in [1.165, 1.54) is 13.1 Å². The van der Waals surface area contributed by atoms with Crippen molar-refractivity contribution in [1.29, 1.82) is 0 Å². The maximum atomic E-state index is 12.2. The van der Waals surface area contributed by atoms with E-state index in [4.69, 9.17) is 9.47 Å². The van der Waals surface area contributed by atoms with E-state index in [0.29, 0.717) is 46.1 Å². The van der Waals surface area contributed by atoms with Crippen LogP contribution in [0.5, 0.6) is 11.5 Å². The standard InChI is InChI=1S/C27H27BrN4O5/c1-4-36-24-14-19(13-23(28)25(24)37-16-20-8-6-5-7-17(20)2)15-29-32-27(35)26(34)31-22-11-9-21(10-12-22)30-18(3)33/h5-15H,4,16H2,1-3H3,(H,30,33)(H,31,34)(H,32,35). The van der Waals surface area contributed by atoms with Crippen molar-refractivity contribution in [3.8, 4) is 11.5 Å². The van der Waals surface area contributed by atoms with E-state index < -0.39 is 11.8 Å². The molecule has 0 radical (unpaired) electrons. The third kappa shape index (κ3) is 8.18. The lowest BCUT2D eigenvalue weighted by Gasteiger charge is -2.15. The second-order valence-electron chi connectivity index (χ2n) is 7.89. The number of nitrogens with zero attached hydrogens (tertiary/aromatic N) is 1. The third-order valence-corrected chi connectivity index (χ3v) is 5.60. The first-order chi connectivity index (χ1) is 17.8. The van der Waals surface area contributed by atoms with Gasteiger partial charge in [0.1, 0.15) is 6.61 Å². The summed E-state index contributed by atoms with van der Waals surface area (Å²) in [5, 5.41) is 8.96. The van der Waals surface area contributed by atoms with E-state index in [1.807, 2.05) is 38.1 Å². The molecule has 10 heteroatoms. The first kappa shape index (κ1) is 27.4. The van der Waals surface area contributed by atoms with Gasteiger partial charge in [0.15, 0.2) is 11.5 Å². The SMILES string of the molecule is CCOc1cc(C=NNC(=O)C(=O)Nc2ccc(NC(C)=O)cc2)cc(Br)c1OCc1ccccc1C. The van der Waals surface area contributed by atoms with Gasteiger partial charge in [-0.1, -0.05) is 24.3 Å². The highest BCUT2D eigenvalue weighted by molar-refractivity contribution is 9.10. The van der Waals surface area contributed by atoms with Crippen molar-refractivity contribution in [1.82, 2.24) is 5.43 Å². The van der Waals surface area contributed by atoms with Crippen LogP contribution in [0.1, 0.15) is 30.5 Å². The van der Waals surface area contributed by atoms with Crippen molar-refractivity contribution < 1.29 is 23.9 Å². The van der Waals surface area contributed by atoms with Gasteiger partial charge in [-0.25, -0.2) is 5.43 Å². The monoisotopic (exact) mass is 566 g/mol. The molecule has 0 saturated heterocycles. The van der Waals surface area contributed by atoms with Crippen LogP contribution in [0, 0.1) is 6.92 Å². The highest BCUT2D eigenvalue weighted by Crippen LogP contribution is 2.37. The Morgan fingerprint density at radius 3 is 2.27 bits per heavy atom. The Labute approximate surface area is 223 Å². The summed E-state index contributed by atoms with van der Waals surface area (Å²) < 4.78 is 12.4. The zero-order valence-electron chi connectivity index (χ0n) is 20.6. The lowest BCUT2D eigenvalue weighted by Crippen LogP contribution is -2.32. The molecule has 192 valence electrons. The van der Waals surface area contributed by atoms with Crippen LogP contribution in [-0.4, -0.2) is 30.5 Å². The molecule has 3 N–H and O–H groups in total. The molecular formula is C27H27BrN4O5. The largest absolute Gasteiger partial charge is 0.490 e. The number of halogens is 1. The van der Waals surface area contributed by atoms with Gasteiger partial charge < -0.3 is 20.1 Å². The molecule has 0 aliphatic rings. The van der Waals surface area contributed by atoms with Crippen LogP contribution in [0.15, 0.2) is 70.2 Å². The lowest BCUT2D eigenvalue weighted by molar-refractivity contribution is -0.136. The predicted molar refractivity (Wildman–Crippen MR) is 146 cm³/mol. The van der Waals surface area contributed by atoms with E-state index in [2.05, 4.69) is 37.1 Å². The maximum Gasteiger partial charge on any atom is 0.329 e. The number of hydrazone groups is 1. The Morgan fingerprint density at radius 2 is 1.62 bits per heavy atom. The van der Waals surface area contributed by atoms with Crippen molar-refractivity contribution in [2.24, 2.45) is 5.10 Å². The normalized spacial score (nSPS) is 10.6. The van der Waals surface area contributed by atoms with Gasteiger partial charge in [0.2, 0.25) is 5.91 Å². The topological polar surface area (TPSA) is 118 Å². The Kier molecular flexibility index (Phi) is 9.79. The molecule has 3 amide bonds. The quantitative estimate of drug-likeness (QED) is 0.195. The van der Waals surface area contributed by atoms with Crippen LogP contribution in [0.3, 0.4) is 0 Å². The zero-order chi connectivity index (χ0) is 26.8. The van der Waals surface area contributed by atoms with E-state index in [9.17, 15) is 14.4 Å². The van der Waals surface area contributed by atoms with Crippen LogP contribution in [0.4, 0.5) is 11.4 Å². The summed E-state index contributed by atoms with van der Waals surface area (Å²) in [6, 6.07) is 17.8. The van der Waals surface area contributed by atoms with E-state index in [0.717, 1.165) is 11.1 Å². The minimum absolute atomic E-state index is 0.209. The predicted octanol–water partition coefficient (Wildman–Crippen LogP) is 4.78. The summed E-state index contributed by atoms with van der Waals surface area (Å²) in [6.07, 6.45) is 1.39. The zero-order valence-corrected chi connectivity index (χ0v) is 22.2. The van der Waals surface area contributed by atoms with Crippen molar-refractivity contribution in [2.45, 2.75) is 27.4 Å². The van der Waals surface area contributed by atoms with Crippen LogP contribution < -0.4 is 25.5 Å². The summed E-state index contributed by atoms with van der Waals surface area (Å²) >= 11 is 3.52. The fourth-order valence-corrected chi connectivity index (χ4v) is 3.81. The minimum Gasteiger partial charge on any atom is -0.490 e. The molecule has 0 aliphatic heterocycles. The summed E-state index contributed by atoms with van der Waals surface area (Å²) in [5.74, 6) is -0.974. The first-order valence-electron chi connectivity index (χ1n) is 11.4. The van der Waals surface area contributed by atoms with Crippen molar-refractivity contribution in [2.75, 3.05) is 17.2 Å². The number of carbonyl (C=O) groups is 3. The fourth-order valence-electron chi connectivity index (χ4n) is 3.23. The summed E-state index contributed by atoms with van der Waals surface area (Å²) in [7, 11) is 0. The highest BCUT2D eigenvalue weighted by atomic mass is 79.9. The summed E-state index contributed by atoms with van der Waals surface area (Å²) in [4.78, 5) is 35.4. The van der Waals surface area contributed by atoms with E-state index in [1.54, 1.807) is 36.4 Å². The van der Waals surface area contributed by atoms with Gasteiger partial charge in [0.05, 0.1) is 17.3 Å². The maximum absolute atomic E-state index is 12.2. The summed E-state index contributed by atoms with van der Waals surface area (Å²) in [5.41, 5.74) is 5.97. The number of amides is 3. The van der Waals surface area contributed by atoms with Gasteiger partial charge in [0.25, 0.3) is 0 Å². The minimum atomic E-state index is -0.940. The molecule has 0 fully saturated rings. The number of hydrogen-bond donors (Lipinski definition) is 3. The van der Waals surface area contributed by atoms with Gasteiger partial charge in [-0.05, 0) is 82.9 Å². The molecule has 37 heavy (non-hydrogen) atoms. The Hall–Kier alpha value is -4.18. The van der Waals surface area contributed by atoms with Crippen molar-refractivity contribution in [3.63, 3.8) is 0 Å². The van der Waals surface area contributed by atoms with Gasteiger partial charge in [-0.3, -0.25) is 14.4 Å². The molecule has 0 bridgehead atoms. The van der Waals surface area contributed by atoms with Crippen LogP contribution in [0.2, 0.25) is 0 Å². The van der Waals surface area contributed by atoms with Crippen LogP contribution in [-0.2, 0) is 21.0 Å². The highest BCUT2D eigenvalue weighted by Gasteiger charge is 2.15. The molecule has 0 saturated carbocycles. The molecule has 3 aromatic carbocycles. The molecule has 0 aromatic heterocycles. The Balaban J connectivity index is 1.61. The van der Waals surface area contributed by atoms with Gasteiger partial charge >= 0.3 is 11.8 Å². The van der Waals surface area contributed by atoms with Crippen molar-refractivity contribution in [3.05, 3.63) is 81.8 Å². The Bertz CT molecular complexity index is 1310. The molecule has 0 spiro atoms. The number of benzene rings is 3. The molecule has 9 nitrogen and oxygen atoms in total. The average molecular weight is 567 g/mol. The van der Waals surface area contributed by atoms with Gasteiger partial charge in [0, 0.05) is 18.3 Å². The van der Waals surface area contributed by atoms with Crippen molar-refractivity contribution >= 4 is 51.2 Å². The second kappa shape index (κ2) is 13.2. The molecule has 0 heterocycles. The molecule has 0 unspecified atom stereocenters. The number of rotatable bonds is 9. The number of carbonyl (C=O) groups excluding carboxylic acids is 3. The average Bonchev–Trinajstić information content (AvgIpc) is 2.85. The number of ether oxygens (including phenoxy) is 2. The molecule has 0 aliphatic carbocycles.